The second-order valence-corrected chi connectivity index (χ2v) is 5.92. The maximum atomic E-state index is 13.6. The predicted molar refractivity (Wildman–Crippen MR) is 75.6 cm³/mol. The highest BCUT2D eigenvalue weighted by Gasteiger charge is 2.92. The number of carbonyl (C=O) groups is 2. The molecule has 0 saturated heterocycles. The zero-order chi connectivity index (χ0) is 24.7. The van der Waals surface area contributed by atoms with Crippen molar-refractivity contribution in [3.05, 3.63) is 35.9 Å². The summed E-state index contributed by atoms with van der Waals surface area (Å²) in [6.45, 7) is -1.03. The molecule has 0 fully saturated rings. The summed E-state index contributed by atoms with van der Waals surface area (Å²) in [6, 6.07) is 6.13. The van der Waals surface area contributed by atoms with Gasteiger partial charge in [0, 0.05) is 6.54 Å². The van der Waals surface area contributed by atoms with Gasteiger partial charge in [0.2, 0.25) is 0 Å². The second-order valence-electron chi connectivity index (χ2n) is 5.92. The van der Waals surface area contributed by atoms with Crippen LogP contribution in [0.2, 0.25) is 0 Å². The van der Waals surface area contributed by atoms with Crippen LogP contribution in [0.3, 0.4) is 0 Å². The highest BCUT2D eigenvalue weighted by molar-refractivity contribution is 5.85. The van der Waals surface area contributed by atoms with Crippen LogP contribution in [0.1, 0.15) is 5.56 Å². The van der Waals surface area contributed by atoms with Crippen LogP contribution < -0.4 is 5.32 Å². The summed E-state index contributed by atoms with van der Waals surface area (Å²) in [5, 5.41) is 8.81. The quantitative estimate of drug-likeness (QED) is 0.522. The van der Waals surface area contributed by atoms with Gasteiger partial charge < -0.3 is 10.4 Å². The summed E-state index contributed by atoms with van der Waals surface area (Å²) in [7, 11) is 0. The molecule has 1 amide bonds. The lowest BCUT2D eigenvalue weighted by molar-refractivity contribution is -0.416. The Morgan fingerprint density at radius 3 is 1.45 bits per heavy atom. The normalized spacial score (nSPS) is 14.3. The van der Waals surface area contributed by atoms with E-state index in [4.69, 9.17) is 5.11 Å². The number of rotatable bonds is 9. The first-order valence-corrected chi connectivity index (χ1v) is 7.52. The summed E-state index contributed by atoms with van der Waals surface area (Å²) in [5.41, 5.74) is -0.0697. The van der Waals surface area contributed by atoms with E-state index >= 15 is 0 Å². The van der Waals surface area contributed by atoms with Crippen molar-refractivity contribution in [1.82, 2.24) is 5.32 Å². The number of amides is 1. The molecule has 0 aliphatic carbocycles. The van der Waals surface area contributed by atoms with Gasteiger partial charge in [0.1, 0.15) is 0 Å². The van der Waals surface area contributed by atoms with Crippen LogP contribution in [0.4, 0.5) is 52.7 Å². The zero-order valence-electron chi connectivity index (χ0n) is 14.4. The van der Waals surface area contributed by atoms with E-state index in [-0.39, 0.29) is 5.56 Å². The van der Waals surface area contributed by atoms with Gasteiger partial charge in [-0.3, -0.25) is 4.79 Å². The van der Waals surface area contributed by atoms with Crippen molar-refractivity contribution in [2.45, 2.75) is 42.1 Å². The number of halogens is 12. The van der Waals surface area contributed by atoms with E-state index in [0.717, 1.165) is 17.4 Å². The number of carbonyl (C=O) groups excluding carboxylic acids is 1. The smallest absolute Gasteiger partial charge is 0.410 e. The molecule has 4 nitrogen and oxygen atoms in total. The molecule has 31 heavy (non-hydrogen) atoms. The number of alkyl halides is 12. The Morgan fingerprint density at radius 1 is 0.677 bits per heavy atom. The molecule has 0 saturated carbocycles. The fourth-order valence-electron chi connectivity index (χ4n) is 1.95. The Morgan fingerprint density at radius 2 is 1.06 bits per heavy atom. The van der Waals surface area contributed by atoms with Gasteiger partial charge in [-0.05, 0) is 5.56 Å². The van der Waals surface area contributed by atoms with E-state index in [9.17, 15) is 62.3 Å². The first-order valence-electron chi connectivity index (χ1n) is 7.52. The molecule has 1 rings (SSSR count). The van der Waals surface area contributed by atoms with Crippen LogP contribution >= 0.6 is 0 Å². The van der Waals surface area contributed by atoms with E-state index in [2.05, 4.69) is 0 Å². The minimum Gasteiger partial charge on any atom is -0.477 e. The third kappa shape index (κ3) is 3.86. The Bertz CT molecular complexity index is 826. The second kappa shape index (κ2) is 7.78. The lowest BCUT2D eigenvalue weighted by atomic mass is 9.91. The highest BCUT2D eigenvalue weighted by Crippen LogP contribution is 2.60. The van der Waals surface area contributed by atoms with Crippen molar-refractivity contribution in [3.63, 3.8) is 0 Å². The Kier molecular flexibility index (Phi) is 6.61. The van der Waals surface area contributed by atoms with E-state index in [0.29, 0.717) is 0 Å². The van der Waals surface area contributed by atoms with E-state index in [1.165, 1.54) is 18.2 Å². The third-order valence-corrected chi connectivity index (χ3v) is 3.82. The molecular weight excluding hydrogens is 470 g/mol. The lowest BCUT2D eigenvalue weighted by Crippen LogP contribution is -2.73. The first kappa shape index (κ1) is 26.4. The molecular formula is C15H9F12NO3. The highest BCUT2D eigenvalue weighted by atomic mass is 19.4. The van der Waals surface area contributed by atoms with Gasteiger partial charge in [-0.25, -0.2) is 4.79 Å². The number of carboxylic acid groups (broad SMARTS) is 1. The average molecular weight is 479 g/mol. The zero-order valence-corrected chi connectivity index (χ0v) is 14.4. The number of nitrogens with one attached hydrogen (secondary N) is 1. The molecule has 0 heterocycles. The maximum absolute atomic E-state index is 13.6. The van der Waals surface area contributed by atoms with Gasteiger partial charge >= 0.3 is 41.5 Å². The van der Waals surface area contributed by atoms with Crippen molar-refractivity contribution in [2.24, 2.45) is 0 Å². The molecule has 0 aromatic heterocycles. The predicted octanol–water partition coefficient (Wildman–Crippen LogP) is 4.20. The van der Waals surface area contributed by atoms with E-state index in [1.807, 2.05) is 0 Å². The van der Waals surface area contributed by atoms with Crippen molar-refractivity contribution >= 4 is 11.9 Å². The number of hydrogen-bond donors (Lipinski definition) is 2. The Labute approximate surface area is 163 Å². The van der Waals surface area contributed by atoms with Crippen LogP contribution in [0.25, 0.3) is 0 Å². The van der Waals surface area contributed by atoms with Crippen molar-refractivity contribution in [1.29, 1.82) is 0 Å². The van der Waals surface area contributed by atoms with E-state index in [1.54, 1.807) is 0 Å². The SMILES string of the molecule is O=C(O)C(F)(F)C(F)(F)C(F)(F)C(F)(F)C(F)(F)C(F)(F)C(=O)NCc1ccccc1. The molecule has 16 heteroatoms. The lowest BCUT2D eigenvalue weighted by Gasteiger charge is -2.39. The van der Waals surface area contributed by atoms with Gasteiger partial charge in [0.15, 0.2) is 0 Å². The third-order valence-electron chi connectivity index (χ3n) is 3.82. The van der Waals surface area contributed by atoms with Crippen molar-refractivity contribution in [2.75, 3.05) is 0 Å². The van der Waals surface area contributed by atoms with E-state index < -0.39 is 54.0 Å². The molecule has 0 aliphatic rings. The van der Waals surface area contributed by atoms with Crippen molar-refractivity contribution in [3.8, 4) is 0 Å². The standard InChI is InChI=1S/C15H9F12NO3/c16-10(17,8(29)28-6-7-4-2-1-3-5-7)12(20,21)14(24,25)15(26,27)13(22,23)11(18,19)9(30)31/h1-5H,6H2,(H,28,29)(H,30,31). The van der Waals surface area contributed by atoms with Crippen LogP contribution in [0.15, 0.2) is 30.3 Å². The monoisotopic (exact) mass is 479 g/mol. The molecule has 1 aromatic rings. The van der Waals surface area contributed by atoms with Gasteiger partial charge in [0.25, 0.3) is 5.91 Å². The molecule has 176 valence electrons. The molecule has 1 aromatic carbocycles. The summed E-state index contributed by atoms with van der Waals surface area (Å²) >= 11 is 0. The molecule has 0 radical (unpaired) electrons. The average Bonchev–Trinajstić information content (AvgIpc) is 2.65. The molecule has 0 spiro atoms. The Balaban J connectivity index is 3.34. The fourth-order valence-corrected chi connectivity index (χ4v) is 1.95. The summed E-state index contributed by atoms with van der Waals surface area (Å²) in [4.78, 5) is 21.3. The summed E-state index contributed by atoms with van der Waals surface area (Å²) < 4.78 is 160. The summed E-state index contributed by atoms with van der Waals surface area (Å²) in [6.07, 6.45) is 0. The number of carboxylic acids is 1. The minimum atomic E-state index is -8.06. The molecule has 0 aliphatic heterocycles. The van der Waals surface area contributed by atoms with Crippen LogP contribution in [-0.4, -0.2) is 52.5 Å². The number of aliphatic carboxylic acids is 1. The molecule has 0 unspecified atom stereocenters. The van der Waals surface area contributed by atoms with Crippen molar-refractivity contribution < 1.29 is 67.4 Å². The largest absolute Gasteiger partial charge is 0.477 e. The van der Waals surface area contributed by atoms with Gasteiger partial charge in [-0.1, -0.05) is 30.3 Å². The maximum Gasteiger partial charge on any atom is 0.410 e. The number of hydrogen-bond acceptors (Lipinski definition) is 2. The van der Waals surface area contributed by atoms with Crippen LogP contribution in [0.5, 0.6) is 0 Å². The Hall–Kier alpha value is -2.68. The van der Waals surface area contributed by atoms with Gasteiger partial charge in [-0.15, -0.1) is 0 Å². The van der Waals surface area contributed by atoms with Crippen LogP contribution in [-0.2, 0) is 16.1 Å². The first-order chi connectivity index (χ1) is 13.7. The molecule has 2 N–H and O–H groups in total. The van der Waals surface area contributed by atoms with Crippen LogP contribution in [0, 0.1) is 0 Å². The fraction of sp³-hybridized carbons (Fsp3) is 0.467. The molecule has 0 bridgehead atoms. The topological polar surface area (TPSA) is 66.4 Å². The van der Waals surface area contributed by atoms with Gasteiger partial charge in [0.05, 0.1) is 0 Å². The number of benzene rings is 1. The summed E-state index contributed by atoms with van der Waals surface area (Å²) in [5.74, 6) is -52.9. The minimum absolute atomic E-state index is 0.0697. The van der Waals surface area contributed by atoms with Gasteiger partial charge in [-0.2, -0.15) is 52.7 Å². The molecule has 0 atom stereocenters.